The predicted octanol–water partition coefficient (Wildman–Crippen LogP) is 4.01. The third-order valence-electron chi connectivity index (χ3n) is 2.88. The molecule has 0 spiro atoms. The number of benzene rings is 2. The van der Waals surface area contributed by atoms with Gasteiger partial charge in [0.2, 0.25) is 0 Å². The standard InChI is InChI=1S/C14H13BrFNO2S/c1-9-3-4-11(16)8-14(9)17-20(18,19)12-5-6-13(15)10(2)7-12/h3-8,17H,1-2H3. The van der Waals surface area contributed by atoms with Crippen molar-refractivity contribution in [3.05, 3.63) is 57.8 Å². The van der Waals surface area contributed by atoms with Crippen LogP contribution >= 0.6 is 15.9 Å². The van der Waals surface area contributed by atoms with E-state index < -0.39 is 15.8 Å². The van der Waals surface area contributed by atoms with Crippen molar-refractivity contribution < 1.29 is 12.8 Å². The molecule has 0 heterocycles. The molecule has 0 aliphatic rings. The molecule has 0 saturated heterocycles. The van der Waals surface area contributed by atoms with Crippen molar-refractivity contribution in [1.82, 2.24) is 0 Å². The van der Waals surface area contributed by atoms with E-state index in [0.29, 0.717) is 5.56 Å². The van der Waals surface area contributed by atoms with E-state index in [1.165, 1.54) is 24.3 Å². The zero-order chi connectivity index (χ0) is 14.9. The summed E-state index contributed by atoms with van der Waals surface area (Å²) < 4.78 is 41.0. The van der Waals surface area contributed by atoms with Gasteiger partial charge in [-0.2, -0.15) is 0 Å². The Morgan fingerprint density at radius 1 is 1.05 bits per heavy atom. The van der Waals surface area contributed by atoms with Crippen LogP contribution in [-0.2, 0) is 10.0 Å². The first-order valence-corrected chi connectivity index (χ1v) is 8.12. The first kappa shape index (κ1) is 15.0. The molecular formula is C14H13BrFNO2S. The highest BCUT2D eigenvalue weighted by Gasteiger charge is 2.16. The molecule has 0 saturated carbocycles. The van der Waals surface area contributed by atoms with Gasteiger partial charge in [0.25, 0.3) is 10.0 Å². The molecule has 2 aromatic carbocycles. The van der Waals surface area contributed by atoms with Gasteiger partial charge in [0.1, 0.15) is 5.82 Å². The average molecular weight is 358 g/mol. The summed E-state index contributed by atoms with van der Waals surface area (Å²) in [6, 6.07) is 8.70. The SMILES string of the molecule is Cc1cc(S(=O)(=O)Nc2cc(F)ccc2C)ccc1Br. The highest BCUT2D eigenvalue weighted by Crippen LogP contribution is 2.24. The Morgan fingerprint density at radius 2 is 1.75 bits per heavy atom. The largest absolute Gasteiger partial charge is 0.279 e. The molecule has 2 rings (SSSR count). The van der Waals surface area contributed by atoms with Crippen molar-refractivity contribution in [3.63, 3.8) is 0 Å². The zero-order valence-electron chi connectivity index (χ0n) is 10.9. The molecule has 0 atom stereocenters. The van der Waals surface area contributed by atoms with Gasteiger partial charge in [-0.15, -0.1) is 0 Å². The van der Waals surface area contributed by atoms with Crippen LogP contribution < -0.4 is 4.72 Å². The van der Waals surface area contributed by atoms with Gasteiger partial charge in [0, 0.05) is 4.47 Å². The van der Waals surface area contributed by atoms with Crippen LogP contribution in [0.15, 0.2) is 45.8 Å². The summed E-state index contributed by atoms with van der Waals surface area (Å²) >= 11 is 3.32. The van der Waals surface area contributed by atoms with Crippen LogP contribution in [0, 0.1) is 19.7 Å². The molecule has 0 aromatic heterocycles. The maximum Gasteiger partial charge on any atom is 0.261 e. The van der Waals surface area contributed by atoms with E-state index in [-0.39, 0.29) is 10.6 Å². The third kappa shape index (κ3) is 3.19. The molecule has 1 N–H and O–H groups in total. The first-order valence-electron chi connectivity index (χ1n) is 5.85. The molecule has 0 aliphatic carbocycles. The summed E-state index contributed by atoms with van der Waals surface area (Å²) in [5.74, 6) is -0.486. The van der Waals surface area contributed by atoms with Crippen LogP contribution in [0.5, 0.6) is 0 Å². The Kier molecular flexibility index (Phi) is 4.15. The predicted molar refractivity (Wildman–Crippen MR) is 80.8 cm³/mol. The second-order valence-electron chi connectivity index (χ2n) is 4.48. The average Bonchev–Trinajstić information content (AvgIpc) is 2.36. The van der Waals surface area contributed by atoms with Crippen molar-refractivity contribution >= 4 is 31.6 Å². The number of rotatable bonds is 3. The molecule has 0 amide bonds. The summed E-state index contributed by atoms with van der Waals surface area (Å²) in [6.45, 7) is 3.51. The van der Waals surface area contributed by atoms with Gasteiger partial charge >= 0.3 is 0 Å². The van der Waals surface area contributed by atoms with Crippen molar-refractivity contribution in [2.24, 2.45) is 0 Å². The van der Waals surface area contributed by atoms with E-state index in [1.54, 1.807) is 26.0 Å². The quantitative estimate of drug-likeness (QED) is 0.901. The van der Waals surface area contributed by atoms with E-state index in [0.717, 1.165) is 10.0 Å². The Bertz CT molecular complexity index is 760. The summed E-state index contributed by atoms with van der Waals surface area (Å²) in [5.41, 5.74) is 1.71. The number of halogens is 2. The summed E-state index contributed by atoms with van der Waals surface area (Å²) in [7, 11) is -3.73. The lowest BCUT2D eigenvalue weighted by Gasteiger charge is -2.11. The minimum Gasteiger partial charge on any atom is -0.279 e. The van der Waals surface area contributed by atoms with Crippen molar-refractivity contribution in [2.75, 3.05) is 4.72 Å². The van der Waals surface area contributed by atoms with E-state index >= 15 is 0 Å². The smallest absolute Gasteiger partial charge is 0.261 e. The van der Waals surface area contributed by atoms with Crippen LogP contribution in [0.1, 0.15) is 11.1 Å². The maximum absolute atomic E-state index is 13.2. The molecule has 0 fully saturated rings. The third-order valence-corrected chi connectivity index (χ3v) is 5.14. The van der Waals surface area contributed by atoms with E-state index in [1.807, 2.05) is 0 Å². The molecule has 106 valence electrons. The summed E-state index contributed by atoms with van der Waals surface area (Å²) in [5, 5.41) is 0. The lowest BCUT2D eigenvalue weighted by atomic mass is 10.2. The normalized spacial score (nSPS) is 11.4. The second kappa shape index (κ2) is 5.54. The lowest BCUT2D eigenvalue weighted by molar-refractivity contribution is 0.601. The summed E-state index contributed by atoms with van der Waals surface area (Å²) in [6.07, 6.45) is 0. The Labute approximate surface area is 126 Å². The van der Waals surface area contributed by atoms with Crippen LogP contribution in [-0.4, -0.2) is 8.42 Å². The number of aryl methyl sites for hydroxylation is 2. The van der Waals surface area contributed by atoms with Gasteiger partial charge < -0.3 is 0 Å². The lowest BCUT2D eigenvalue weighted by Crippen LogP contribution is -2.14. The van der Waals surface area contributed by atoms with Gasteiger partial charge in [0.15, 0.2) is 0 Å². The second-order valence-corrected chi connectivity index (χ2v) is 7.01. The Morgan fingerprint density at radius 3 is 2.40 bits per heavy atom. The molecule has 0 radical (unpaired) electrons. The first-order chi connectivity index (χ1) is 9.29. The fourth-order valence-electron chi connectivity index (χ4n) is 1.69. The number of nitrogens with one attached hydrogen (secondary N) is 1. The molecule has 0 aliphatic heterocycles. The topological polar surface area (TPSA) is 46.2 Å². The van der Waals surface area contributed by atoms with E-state index in [2.05, 4.69) is 20.7 Å². The molecule has 0 bridgehead atoms. The molecule has 6 heteroatoms. The van der Waals surface area contributed by atoms with Crippen LogP contribution in [0.2, 0.25) is 0 Å². The van der Waals surface area contributed by atoms with E-state index in [4.69, 9.17) is 0 Å². The fourth-order valence-corrected chi connectivity index (χ4v) is 3.15. The van der Waals surface area contributed by atoms with Gasteiger partial charge in [-0.25, -0.2) is 12.8 Å². The monoisotopic (exact) mass is 357 g/mol. The van der Waals surface area contributed by atoms with E-state index in [9.17, 15) is 12.8 Å². The van der Waals surface area contributed by atoms with Gasteiger partial charge in [-0.05, 0) is 55.3 Å². The van der Waals surface area contributed by atoms with Crippen LogP contribution in [0.3, 0.4) is 0 Å². The number of sulfonamides is 1. The van der Waals surface area contributed by atoms with Gasteiger partial charge in [0.05, 0.1) is 10.6 Å². The summed E-state index contributed by atoms with van der Waals surface area (Å²) in [4.78, 5) is 0.141. The number of anilines is 1. The molecule has 3 nitrogen and oxygen atoms in total. The zero-order valence-corrected chi connectivity index (χ0v) is 13.3. The highest BCUT2D eigenvalue weighted by atomic mass is 79.9. The molecule has 2 aromatic rings. The Hall–Kier alpha value is -1.40. The molecular weight excluding hydrogens is 345 g/mol. The maximum atomic E-state index is 13.2. The minimum atomic E-state index is -3.73. The number of hydrogen-bond donors (Lipinski definition) is 1. The highest BCUT2D eigenvalue weighted by molar-refractivity contribution is 9.10. The molecule has 0 unspecified atom stereocenters. The van der Waals surface area contributed by atoms with Crippen molar-refractivity contribution in [1.29, 1.82) is 0 Å². The molecule has 20 heavy (non-hydrogen) atoms. The van der Waals surface area contributed by atoms with Crippen LogP contribution in [0.25, 0.3) is 0 Å². The van der Waals surface area contributed by atoms with Crippen molar-refractivity contribution in [2.45, 2.75) is 18.7 Å². The van der Waals surface area contributed by atoms with Crippen molar-refractivity contribution in [3.8, 4) is 0 Å². The number of hydrogen-bond acceptors (Lipinski definition) is 2. The Balaban J connectivity index is 2.40. The van der Waals surface area contributed by atoms with Crippen LogP contribution in [0.4, 0.5) is 10.1 Å². The van der Waals surface area contributed by atoms with Gasteiger partial charge in [-0.1, -0.05) is 22.0 Å². The fraction of sp³-hybridized carbons (Fsp3) is 0.143. The minimum absolute atomic E-state index is 0.141. The van der Waals surface area contributed by atoms with Gasteiger partial charge in [-0.3, -0.25) is 4.72 Å².